The number of fused-ring (bicyclic) bond motifs is 1. The van der Waals surface area contributed by atoms with Crippen LogP contribution in [-0.2, 0) is 19.6 Å². The number of aromatic nitrogens is 3. The topological polar surface area (TPSA) is 37.2 Å². The molecule has 3 rings (SSSR count). The first kappa shape index (κ1) is 15.6. The van der Waals surface area contributed by atoms with Crippen molar-refractivity contribution in [3.8, 4) is 0 Å². The zero-order valence-corrected chi connectivity index (χ0v) is 14.7. The Morgan fingerprint density at radius 1 is 1.36 bits per heavy atom. The minimum absolute atomic E-state index is 0.343. The van der Waals surface area contributed by atoms with Crippen molar-refractivity contribution in [3.63, 3.8) is 0 Å². The molecule has 22 heavy (non-hydrogen) atoms. The van der Waals surface area contributed by atoms with Crippen LogP contribution in [0.2, 0.25) is 0 Å². The Kier molecular flexibility index (Phi) is 4.61. The van der Waals surface area contributed by atoms with Crippen LogP contribution in [0.15, 0.2) is 17.8 Å². The van der Waals surface area contributed by atoms with Crippen LogP contribution in [0.3, 0.4) is 0 Å². The van der Waals surface area contributed by atoms with Crippen LogP contribution in [0.25, 0.3) is 0 Å². The van der Waals surface area contributed by atoms with E-state index < -0.39 is 0 Å². The molecule has 1 atom stereocenters. The van der Waals surface area contributed by atoms with E-state index >= 15 is 0 Å². The average Bonchev–Trinajstić information content (AvgIpc) is 3.12. The first-order valence-corrected chi connectivity index (χ1v) is 8.81. The van der Waals surface area contributed by atoms with Gasteiger partial charge in [-0.15, -0.1) is 11.3 Å². The molecule has 0 bridgehead atoms. The van der Waals surface area contributed by atoms with E-state index in [1.54, 1.807) is 11.3 Å². The Labute approximate surface area is 136 Å². The summed E-state index contributed by atoms with van der Waals surface area (Å²) in [5, 5.41) is 3.23. The largest absolute Gasteiger partial charge is 0.328 e. The number of thiazole rings is 1. The molecule has 0 amide bonds. The van der Waals surface area contributed by atoms with E-state index in [1.807, 2.05) is 11.6 Å². The van der Waals surface area contributed by atoms with E-state index in [9.17, 15) is 0 Å². The summed E-state index contributed by atoms with van der Waals surface area (Å²) in [5.74, 6) is 1.19. The molecule has 1 aliphatic heterocycles. The summed E-state index contributed by atoms with van der Waals surface area (Å²) in [6.45, 7) is 10.7. The molecule has 0 N–H and O–H groups in total. The lowest BCUT2D eigenvalue weighted by molar-refractivity contribution is 0.152. The van der Waals surface area contributed by atoms with Gasteiger partial charge in [0.2, 0.25) is 0 Å². The number of imidazole rings is 1. The fourth-order valence-electron chi connectivity index (χ4n) is 2.89. The van der Waals surface area contributed by atoms with E-state index in [-0.39, 0.29) is 0 Å². The Morgan fingerprint density at radius 2 is 2.18 bits per heavy atom. The normalized spacial score (nSPS) is 19.1. The standard InChI is InChI=1S/C16H25N5S/c1-12(2)19(4)10-14-9-18-16-13(3)20(6-7-21(14)16)11-15-17-5-8-22-15/h5,8-9,12-13H,6-7,10-11H2,1-4H3. The molecular formula is C16H25N5S. The van der Waals surface area contributed by atoms with Crippen LogP contribution in [0.5, 0.6) is 0 Å². The van der Waals surface area contributed by atoms with Crippen molar-refractivity contribution in [1.82, 2.24) is 24.3 Å². The summed E-state index contributed by atoms with van der Waals surface area (Å²) in [6, 6.07) is 0.893. The minimum atomic E-state index is 0.343. The molecular weight excluding hydrogens is 294 g/mol. The fraction of sp³-hybridized carbons (Fsp3) is 0.625. The predicted octanol–water partition coefficient (Wildman–Crippen LogP) is 2.76. The van der Waals surface area contributed by atoms with Gasteiger partial charge in [0.05, 0.1) is 18.3 Å². The minimum Gasteiger partial charge on any atom is -0.328 e. The second-order valence-electron chi connectivity index (χ2n) is 6.34. The molecule has 1 aliphatic rings. The SMILES string of the molecule is CC(C)N(C)Cc1cnc2n1CCN(Cc1nccs1)C2C. The predicted molar refractivity (Wildman–Crippen MR) is 89.8 cm³/mol. The molecule has 2 aromatic rings. The van der Waals surface area contributed by atoms with Gasteiger partial charge in [0.25, 0.3) is 0 Å². The highest BCUT2D eigenvalue weighted by Gasteiger charge is 2.27. The summed E-state index contributed by atoms with van der Waals surface area (Å²) in [6.07, 6.45) is 3.94. The van der Waals surface area contributed by atoms with Crippen molar-refractivity contribution in [1.29, 1.82) is 0 Å². The van der Waals surface area contributed by atoms with Crippen molar-refractivity contribution in [3.05, 3.63) is 34.3 Å². The first-order valence-electron chi connectivity index (χ1n) is 7.93. The van der Waals surface area contributed by atoms with Gasteiger partial charge >= 0.3 is 0 Å². The lowest BCUT2D eigenvalue weighted by Gasteiger charge is -2.34. The third kappa shape index (κ3) is 3.09. The summed E-state index contributed by atoms with van der Waals surface area (Å²) >= 11 is 1.73. The summed E-state index contributed by atoms with van der Waals surface area (Å²) in [7, 11) is 2.17. The van der Waals surface area contributed by atoms with Gasteiger partial charge in [0.15, 0.2) is 0 Å². The van der Waals surface area contributed by atoms with Crippen molar-refractivity contribution >= 4 is 11.3 Å². The second kappa shape index (κ2) is 6.48. The lowest BCUT2D eigenvalue weighted by atomic mass is 10.2. The van der Waals surface area contributed by atoms with Gasteiger partial charge in [0, 0.05) is 43.4 Å². The van der Waals surface area contributed by atoms with Gasteiger partial charge in [-0.25, -0.2) is 9.97 Å². The highest BCUT2D eigenvalue weighted by Crippen LogP contribution is 2.27. The maximum atomic E-state index is 4.71. The maximum Gasteiger partial charge on any atom is 0.126 e. The van der Waals surface area contributed by atoms with Crippen molar-refractivity contribution in [2.45, 2.75) is 52.5 Å². The van der Waals surface area contributed by atoms with Crippen molar-refractivity contribution in [2.75, 3.05) is 13.6 Å². The first-order chi connectivity index (χ1) is 10.6. The molecule has 0 spiro atoms. The molecule has 0 aromatic carbocycles. The van der Waals surface area contributed by atoms with E-state index in [1.165, 1.54) is 16.5 Å². The van der Waals surface area contributed by atoms with Gasteiger partial charge in [0.1, 0.15) is 10.8 Å². The Bertz CT molecular complexity index is 604. The maximum absolute atomic E-state index is 4.71. The molecule has 1 unspecified atom stereocenters. The molecule has 120 valence electrons. The highest BCUT2D eigenvalue weighted by atomic mass is 32.1. The van der Waals surface area contributed by atoms with Crippen molar-refractivity contribution in [2.24, 2.45) is 0 Å². The molecule has 0 fully saturated rings. The van der Waals surface area contributed by atoms with Gasteiger partial charge < -0.3 is 4.57 Å². The van der Waals surface area contributed by atoms with E-state index in [4.69, 9.17) is 4.98 Å². The fourth-order valence-corrected chi connectivity index (χ4v) is 3.53. The van der Waals surface area contributed by atoms with Crippen LogP contribution >= 0.6 is 11.3 Å². The molecule has 0 saturated carbocycles. The zero-order valence-electron chi connectivity index (χ0n) is 13.9. The monoisotopic (exact) mass is 319 g/mol. The number of hydrogen-bond acceptors (Lipinski definition) is 5. The molecule has 2 aromatic heterocycles. The van der Waals surface area contributed by atoms with Crippen LogP contribution in [0.1, 0.15) is 43.3 Å². The van der Waals surface area contributed by atoms with E-state index in [2.05, 4.69) is 53.4 Å². The summed E-state index contributed by atoms with van der Waals surface area (Å²) in [4.78, 5) is 13.9. The average molecular weight is 319 g/mol. The van der Waals surface area contributed by atoms with E-state index in [0.717, 1.165) is 26.2 Å². The molecule has 0 saturated heterocycles. The molecule has 0 aliphatic carbocycles. The Hall–Kier alpha value is -1.24. The van der Waals surface area contributed by atoms with Gasteiger partial charge in [-0.05, 0) is 27.8 Å². The highest BCUT2D eigenvalue weighted by molar-refractivity contribution is 7.09. The molecule has 5 nitrogen and oxygen atoms in total. The second-order valence-corrected chi connectivity index (χ2v) is 7.32. The third-order valence-corrected chi connectivity index (χ3v) is 5.38. The Morgan fingerprint density at radius 3 is 2.86 bits per heavy atom. The molecule has 3 heterocycles. The molecule has 6 heteroatoms. The quantitative estimate of drug-likeness (QED) is 0.849. The zero-order chi connectivity index (χ0) is 15.7. The number of hydrogen-bond donors (Lipinski definition) is 0. The van der Waals surface area contributed by atoms with Crippen LogP contribution < -0.4 is 0 Å². The lowest BCUT2D eigenvalue weighted by Crippen LogP contribution is -2.37. The summed E-state index contributed by atoms with van der Waals surface area (Å²) < 4.78 is 2.40. The van der Waals surface area contributed by atoms with Crippen LogP contribution in [0.4, 0.5) is 0 Å². The summed E-state index contributed by atoms with van der Waals surface area (Å²) in [5.41, 5.74) is 1.33. The van der Waals surface area contributed by atoms with Gasteiger partial charge in [-0.3, -0.25) is 9.80 Å². The van der Waals surface area contributed by atoms with Gasteiger partial charge in [-0.1, -0.05) is 0 Å². The number of rotatable bonds is 5. The smallest absolute Gasteiger partial charge is 0.126 e. The van der Waals surface area contributed by atoms with Gasteiger partial charge in [-0.2, -0.15) is 0 Å². The van der Waals surface area contributed by atoms with E-state index in [0.29, 0.717) is 12.1 Å². The number of nitrogens with zero attached hydrogens (tertiary/aromatic N) is 5. The van der Waals surface area contributed by atoms with Crippen LogP contribution in [0, 0.1) is 0 Å². The Balaban J connectivity index is 1.74. The van der Waals surface area contributed by atoms with Crippen LogP contribution in [-0.4, -0.2) is 44.0 Å². The van der Waals surface area contributed by atoms with Crippen molar-refractivity contribution < 1.29 is 0 Å². The third-order valence-electron chi connectivity index (χ3n) is 4.62. The molecule has 0 radical (unpaired) electrons.